The van der Waals surface area contributed by atoms with Gasteiger partial charge in [0.25, 0.3) is 0 Å². The number of ether oxygens (including phenoxy) is 3. The van der Waals surface area contributed by atoms with Gasteiger partial charge in [-0.05, 0) is 35.9 Å². The highest BCUT2D eigenvalue weighted by atomic mass is 32.1. The van der Waals surface area contributed by atoms with Gasteiger partial charge >= 0.3 is 0 Å². The summed E-state index contributed by atoms with van der Waals surface area (Å²) < 4.78 is 17.7. The van der Waals surface area contributed by atoms with Gasteiger partial charge in [0.15, 0.2) is 11.5 Å². The number of aromatic nitrogens is 1. The molecule has 0 aliphatic rings. The molecule has 2 aromatic carbocycles. The van der Waals surface area contributed by atoms with Gasteiger partial charge in [0.1, 0.15) is 11.5 Å². The number of phenolic OH excluding ortho intramolecular Hbond substituents is 1. The van der Waals surface area contributed by atoms with Gasteiger partial charge in [-0.25, -0.2) is 4.68 Å². The third-order valence-corrected chi connectivity index (χ3v) is 4.99. The van der Waals surface area contributed by atoms with Crippen LogP contribution in [0.15, 0.2) is 51.9 Å². The summed E-state index contributed by atoms with van der Waals surface area (Å²) in [4.78, 5) is 5.03. The fourth-order valence-corrected chi connectivity index (χ4v) is 3.45. The van der Waals surface area contributed by atoms with Gasteiger partial charge in [0, 0.05) is 24.1 Å². The summed E-state index contributed by atoms with van der Waals surface area (Å²) in [6, 6.07) is 10.7. The smallest absolute Gasteiger partial charge is 0.205 e. The van der Waals surface area contributed by atoms with Gasteiger partial charge in [-0.3, -0.25) is 4.99 Å². The van der Waals surface area contributed by atoms with Gasteiger partial charge in [0.2, 0.25) is 4.80 Å². The highest BCUT2D eigenvalue weighted by molar-refractivity contribution is 7.07. The third kappa shape index (κ3) is 3.86. The Morgan fingerprint density at radius 3 is 2.46 bits per heavy atom. The Morgan fingerprint density at radius 1 is 1.00 bits per heavy atom. The van der Waals surface area contributed by atoms with Crippen LogP contribution in [-0.4, -0.2) is 44.4 Å². The molecule has 0 spiro atoms. The molecule has 1 heterocycles. The molecule has 1 N–H and O–H groups in total. The first-order valence-electron chi connectivity index (χ1n) is 8.38. The van der Waals surface area contributed by atoms with Crippen molar-refractivity contribution in [2.24, 2.45) is 10.1 Å². The number of rotatable bonds is 6. The highest BCUT2D eigenvalue weighted by Crippen LogP contribution is 2.33. The Hall–Kier alpha value is -3.26. The van der Waals surface area contributed by atoms with Crippen LogP contribution >= 0.6 is 11.3 Å². The zero-order valence-corrected chi connectivity index (χ0v) is 16.9. The summed E-state index contributed by atoms with van der Waals surface area (Å²) in [6.07, 6.45) is 1.68. The Morgan fingerprint density at radius 2 is 1.79 bits per heavy atom. The largest absolute Gasteiger partial charge is 0.504 e. The quantitative estimate of drug-likeness (QED) is 0.645. The van der Waals surface area contributed by atoms with Crippen molar-refractivity contribution in [2.75, 3.05) is 28.4 Å². The summed E-state index contributed by atoms with van der Waals surface area (Å²) in [5.41, 5.74) is 2.49. The molecular formula is C20H21N3O4S. The van der Waals surface area contributed by atoms with Crippen molar-refractivity contribution >= 4 is 17.6 Å². The molecule has 1 aromatic heterocycles. The number of benzene rings is 2. The molecule has 0 saturated carbocycles. The van der Waals surface area contributed by atoms with E-state index in [1.165, 1.54) is 18.4 Å². The number of phenols is 1. The van der Waals surface area contributed by atoms with E-state index in [1.807, 2.05) is 23.6 Å². The molecule has 0 radical (unpaired) electrons. The molecule has 0 amide bonds. The van der Waals surface area contributed by atoms with E-state index < -0.39 is 0 Å². The Kier molecular flexibility index (Phi) is 6.00. The minimum atomic E-state index is 0.0794. The second-order valence-electron chi connectivity index (χ2n) is 5.68. The van der Waals surface area contributed by atoms with Crippen molar-refractivity contribution in [2.45, 2.75) is 0 Å². The van der Waals surface area contributed by atoms with Crippen LogP contribution in [0, 0.1) is 0 Å². The van der Waals surface area contributed by atoms with Gasteiger partial charge in [-0.2, -0.15) is 5.10 Å². The monoisotopic (exact) mass is 399 g/mol. The molecule has 28 heavy (non-hydrogen) atoms. The van der Waals surface area contributed by atoms with E-state index in [-0.39, 0.29) is 5.75 Å². The van der Waals surface area contributed by atoms with Crippen molar-refractivity contribution < 1.29 is 19.3 Å². The van der Waals surface area contributed by atoms with Crippen LogP contribution in [0.1, 0.15) is 5.56 Å². The van der Waals surface area contributed by atoms with E-state index in [1.54, 1.807) is 50.4 Å². The number of hydrogen-bond donors (Lipinski definition) is 1. The Labute approximate surface area is 166 Å². The van der Waals surface area contributed by atoms with Crippen molar-refractivity contribution in [3.8, 4) is 34.3 Å². The molecule has 146 valence electrons. The maximum atomic E-state index is 9.75. The van der Waals surface area contributed by atoms with Crippen molar-refractivity contribution in [1.82, 2.24) is 4.68 Å². The highest BCUT2D eigenvalue weighted by Gasteiger charge is 2.13. The lowest BCUT2D eigenvalue weighted by Crippen LogP contribution is -2.11. The van der Waals surface area contributed by atoms with Crippen LogP contribution in [0.2, 0.25) is 0 Å². The van der Waals surface area contributed by atoms with Gasteiger partial charge in [-0.1, -0.05) is 0 Å². The fourth-order valence-electron chi connectivity index (χ4n) is 2.66. The standard InChI is InChI=1S/C20H21N3O4S/c1-21-20-23(22-11-13-5-8-17(24)19(9-13)27-4)16(12-28-20)15-7-6-14(25-2)10-18(15)26-3/h5-12,24H,1-4H3/b21-20?,22-11+. The van der Waals surface area contributed by atoms with E-state index in [9.17, 15) is 5.11 Å². The molecule has 7 nitrogen and oxygen atoms in total. The van der Waals surface area contributed by atoms with Crippen LogP contribution < -0.4 is 19.0 Å². The number of hydrogen-bond acceptors (Lipinski definition) is 7. The van der Waals surface area contributed by atoms with Gasteiger partial charge in [0.05, 0.1) is 33.2 Å². The molecule has 3 aromatic rings. The van der Waals surface area contributed by atoms with E-state index >= 15 is 0 Å². The average molecular weight is 399 g/mol. The first-order chi connectivity index (χ1) is 13.6. The summed E-state index contributed by atoms with van der Waals surface area (Å²) >= 11 is 1.48. The maximum absolute atomic E-state index is 9.75. The van der Waals surface area contributed by atoms with Crippen LogP contribution in [0.4, 0.5) is 0 Å². The molecule has 0 fully saturated rings. The lowest BCUT2D eigenvalue weighted by Gasteiger charge is -2.11. The molecule has 0 atom stereocenters. The zero-order valence-electron chi connectivity index (χ0n) is 16.0. The van der Waals surface area contributed by atoms with Crippen LogP contribution in [0.3, 0.4) is 0 Å². The summed E-state index contributed by atoms with van der Waals surface area (Å²) in [6.45, 7) is 0. The summed E-state index contributed by atoms with van der Waals surface area (Å²) in [5.74, 6) is 1.85. The maximum Gasteiger partial charge on any atom is 0.205 e. The minimum Gasteiger partial charge on any atom is -0.504 e. The average Bonchev–Trinajstić information content (AvgIpc) is 3.15. The van der Waals surface area contributed by atoms with Gasteiger partial charge < -0.3 is 19.3 Å². The second-order valence-corrected chi connectivity index (χ2v) is 6.52. The number of nitrogens with zero attached hydrogens (tertiary/aromatic N) is 3. The lowest BCUT2D eigenvalue weighted by molar-refractivity contribution is 0.373. The Balaban J connectivity index is 2.07. The van der Waals surface area contributed by atoms with E-state index in [2.05, 4.69) is 10.1 Å². The normalized spacial score (nSPS) is 11.8. The molecule has 0 unspecified atom stereocenters. The van der Waals surface area contributed by atoms with Gasteiger partial charge in [-0.15, -0.1) is 11.3 Å². The van der Waals surface area contributed by atoms with E-state index in [0.29, 0.717) is 17.2 Å². The van der Waals surface area contributed by atoms with Crippen molar-refractivity contribution in [1.29, 1.82) is 0 Å². The van der Waals surface area contributed by atoms with E-state index in [0.717, 1.165) is 21.6 Å². The lowest BCUT2D eigenvalue weighted by atomic mass is 10.1. The molecule has 3 rings (SSSR count). The van der Waals surface area contributed by atoms with Crippen LogP contribution in [-0.2, 0) is 0 Å². The van der Waals surface area contributed by atoms with Crippen LogP contribution in [0.25, 0.3) is 11.3 Å². The molecular weight excluding hydrogens is 378 g/mol. The molecule has 0 saturated heterocycles. The second kappa shape index (κ2) is 8.62. The summed E-state index contributed by atoms with van der Waals surface area (Å²) in [5, 5.41) is 16.3. The van der Waals surface area contributed by atoms with E-state index in [4.69, 9.17) is 14.2 Å². The van der Waals surface area contributed by atoms with Crippen LogP contribution in [0.5, 0.6) is 23.0 Å². The SMILES string of the molecule is CN=c1scc(-c2ccc(OC)cc2OC)n1/N=C/c1ccc(O)c(OC)c1. The third-order valence-electron chi connectivity index (χ3n) is 4.09. The fraction of sp³-hybridized carbons (Fsp3) is 0.200. The summed E-state index contributed by atoms with van der Waals surface area (Å²) in [7, 11) is 6.46. The van der Waals surface area contributed by atoms with Crippen molar-refractivity contribution in [3.05, 3.63) is 52.1 Å². The topological polar surface area (TPSA) is 77.6 Å². The molecule has 0 aliphatic carbocycles. The first kappa shape index (κ1) is 19.5. The molecule has 8 heteroatoms. The predicted molar refractivity (Wildman–Crippen MR) is 110 cm³/mol. The molecule has 0 bridgehead atoms. The number of methoxy groups -OCH3 is 3. The number of aromatic hydroxyl groups is 1. The zero-order chi connectivity index (χ0) is 20.1. The molecule has 0 aliphatic heterocycles. The predicted octanol–water partition coefficient (Wildman–Crippen LogP) is 3.36. The number of thiazole rings is 1. The Bertz CT molecular complexity index is 1070. The van der Waals surface area contributed by atoms with Crippen molar-refractivity contribution in [3.63, 3.8) is 0 Å². The first-order valence-corrected chi connectivity index (χ1v) is 9.26. The minimum absolute atomic E-state index is 0.0794.